The van der Waals surface area contributed by atoms with Crippen LogP contribution in [0, 0.1) is 0 Å². The molecule has 0 saturated carbocycles. The van der Waals surface area contributed by atoms with Crippen molar-refractivity contribution in [3.63, 3.8) is 0 Å². The van der Waals surface area contributed by atoms with Crippen LogP contribution in [-0.4, -0.2) is 15.9 Å². The number of hydrogen-bond acceptors (Lipinski definition) is 3. The number of rotatable bonds is 3. The van der Waals surface area contributed by atoms with Gasteiger partial charge in [-0.2, -0.15) is 0 Å². The number of carbonyl (C=O) groups excluding carboxylic acids is 1. The van der Waals surface area contributed by atoms with E-state index in [1.807, 2.05) is 48.5 Å². The molecule has 0 saturated heterocycles. The molecule has 0 aliphatic rings. The Hall–Kier alpha value is -2.72. The Labute approximate surface area is 122 Å². The summed E-state index contributed by atoms with van der Waals surface area (Å²) in [5, 5.41) is 3.17. The minimum absolute atomic E-state index is 0.191. The minimum atomic E-state index is -0.191. The zero-order valence-electron chi connectivity index (χ0n) is 11.4. The van der Waals surface area contributed by atoms with E-state index in [2.05, 4.69) is 4.98 Å². The Bertz CT molecular complexity index is 766. The molecule has 104 valence electrons. The van der Waals surface area contributed by atoms with E-state index in [4.69, 9.17) is 5.84 Å². The highest BCUT2D eigenvalue weighted by Gasteiger charge is 2.15. The zero-order chi connectivity index (χ0) is 14.7. The largest absolute Gasteiger partial charge is 0.272 e. The minimum Gasteiger partial charge on any atom is -0.272 e. The van der Waals surface area contributed by atoms with Gasteiger partial charge in [0.25, 0.3) is 5.91 Å². The maximum Gasteiger partial charge on any atom is 0.268 e. The van der Waals surface area contributed by atoms with Crippen LogP contribution in [0.25, 0.3) is 10.8 Å². The molecule has 0 atom stereocenters. The Morgan fingerprint density at radius 3 is 2.52 bits per heavy atom. The van der Waals surface area contributed by atoms with E-state index in [0.717, 1.165) is 16.3 Å². The van der Waals surface area contributed by atoms with Gasteiger partial charge in [0, 0.05) is 18.0 Å². The molecular formula is C17H15N3O. The molecule has 21 heavy (non-hydrogen) atoms. The van der Waals surface area contributed by atoms with Gasteiger partial charge in [-0.15, -0.1) is 0 Å². The highest BCUT2D eigenvalue weighted by atomic mass is 16.2. The van der Waals surface area contributed by atoms with E-state index in [1.165, 1.54) is 5.01 Å². The molecule has 1 amide bonds. The summed E-state index contributed by atoms with van der Waals surface area (Å²) >= 11 is 0. The van der Waals surface area contributed by atoms with Gasteiger partial charge in [0.2, 0.25) is 0 Å². The fourth-order valence-electron chi connectivity index (χ4n) is 2.32. The molecule has 4 heteroatoms. The van der Waals surface area contributed by atoms with Crippen LogP contribution in [0.4, 0.5) is 0 Å². The van der Waals surface area contributed by atoms with E-state index < -0.39 is 0 Å². The number of nitrogens with two attached hydrogens (primary N) is 1. The van der Waals surface area contributed by atoms with Crippen LogP contribution in [-0.2, 0) is 6.54 Å². The SMILES string of the molecule is NN(Cc1ccncc1)C(=O)c1cccc2ccccc12. The van der Waals surface area contributed by atoms with Crippen LogP contribution < -0.4 is 5.84 Å². The highest BCUT2D eigenvalue weighted by Crippen LogP contribution is 2.19. The lowest BCUT2D eigenvalue weighted by atomic mass is 10.0. The van der Waals surface area contributed by atoms with Crippen molar-refractivity contribution in [2.75, 3.05) is 0 Å². The van der Waals surface area contributed by atoms with Crippen LogP contribution in [0.3, 0.4) is 0 Å². The molecule has 0 aliphatic carbocycles. The van der Waals surface area contributed by atoms with E-state index in [-0.39, 0.29) is 5.91 Å². The number of carbonyl (C=O) groups is 1. The number of aromatic nitrogens is 1. The maximum atomic E-state index is 12.5. The summed E-state index contributed by atoms with van der Waals surface area (Å²) in [6.45, 7) is 0.352. The van der Waals surface area contributed by atoms with Crippen LogP contribution in [0.1, 0.15) is 15.9 Å². The summed E-state index contributed by atoms with van der Waals surface area (Å²) < 4.78 is 0. The predicted molar refractivity (Wildman–Crippen MR) is 82.2 cm³/mol. The van der Waals surface area contributed by atoms with Gasteiger partial charge in [-0.25, -0.2) is 5.84 Å². The molecule has 3 rings (SSSR count). The first-order chi connectivity index (χ1) is 10.3. The highest BCUT2D eigenvalue weighted by molar-refractivity contribution is 6.06. The molecule has 4 nitrogen and oxygen atoms in total. The number of fused-ring (bicyclic) bond motifs is 1. The molecule has 0 fully saturated rings. The van der Waals surface area contributed by atoms with Gasteiger partial charge in [-0.1, -0.05) is 36.4 Å². The van der Waals surface area contributed by atoms with Crippen molar-refractivity contribution in [1.82, 2.24) is 9.99 Å². The quantitative estimate of drug-likeness (QED) is 0.455. The summed E-state index contributed by atoms with van der Waals surface area (Å²) in [7, 11) is 0. The number of hydrazine groups is 1. The lowest BCUT2D eigenvalue weighted by Gasteiger charge is -2.17. The van der Waals surface area contributed by atoms with Gasteiger partial charge < -0.3 is 0 Å². The van der Waals surface area contributed by atoms with Crippen molar-refractivity contribution < 1.29 is 4.79 Å². The first kappa shape index (κ1) is 13.3. The molecule has 1 heterocycles. The average molecular weight is 277 g/mol. The summed E-state index contributed by atoms with van der Waals surface area (Å²) in [6, 6.07) is 17.1. The second kappa shape index (κ2) is 5.73. The Morgan fingerprint density at radius 1 is 1.00 bits per heavy atom. The van der Waals surface area contributed by atoms with Crippen molar-refractivity contribution in [2.24, 2.45) is 5.84 Å². The number of amides is 1. The lowest BCUT2D eigenvalue weighted by molar-refractivity contribution is 0.0745. The number of benzene rings is 2. The van der Waals surface area contributed by atoms with Crippen molar-refractivity contribution in [3.05, 3.63) is 78.1 Å². The number of pyridine rings is 1. The van der Waals surface area contributed by atoms with E-state index in [9.17, 15) is 4.79 Å². The van der Waals surface area contributed by atoms with Crippen LogP contribution in [0.2, 0.25) is 0 Å². The Balaban J connectivity index is 1.90. The number of nitrogens with zero attached hydrogens (tertiary/aromatic N) is 2. The standard InChI is InChI=1S/C17H15N3O/c18-20(12-13-8-10-19-11-9-13)17(21)16-7-3-5-14-4-1-2-6-15(14)16/h1-11H,12,18H2. The van der Waals surface area contributed by atoms with Crippen molar-refractivity contribution in [2.45, 2.75) is 6.54 Å². The van der Waals surface area contributed by atoms with Gasteiger partial charge in [-0.05, 0) is 34.5 Å². The molecule has 0 aliphatic heterocycles. The Morgan fingerprint density at radius 2 is 1.71 bits per heavy atom. The molecule has 2 N–H and O–H groups in total. The summed E-state index contributed by atoms with van der Waals surface area (Å²) in [5.74, 6) is 5.74. The fourth-order valence-corrected chi connectivity index (χ4v) is 2.32. The lowest BCUT2D eigenvalue weighted by Crippen LogP contribution is -2.36. The van der Waals surface area contributed by atoms with Gasteiger partial charge in [0.05, 0.1) is 6.54 Å². The van der Waals surface area contributed by atoms with Crippen LogP contribution >= 0.6 is 0 Å². The third-order valence-corrected chi connectivity index (χ3v) is 3.38. The third-order valence-electron chi connectivity index (χ3n) is 3.38. The van der Waals surface area contributed by atoms with Gasteiger partial charge in [-0.3, -0.25) is 14.8 Å². The summed E-state index contributed by atoms with van der Waals surface area (Å²) in [4.78, 5) is 16.5. The first-order valence-corrected chi connectivity index (χ1v) is 6.69. The molecule has 0 spiro atoms. The van der Waals surface area contributed by atoms with E-state index in [1.54, 1.807) is 18.5 Å². The fraction of sp³-hybridized carbons (Fsp3) is 0.0588. The van der Waals surface area contributed by atoms with Crippen molar-refractivity contribution >= 4 is 16.7 Å². The monoisotopic (exact) mass is 277 g/mol. The molecule has 0 radical (unpaired) electrons. The molecule has 1 aromatic heterocycles. The topological polar surface area (TPSA) is 59.2 Å². The van der Waals surface area contributed by atoms with Crippen molar-refractivity contribution in [1.29, 1.82) is 0 Å². The molecule has 0 bridgehead atoms. The smallest absolute Gasteiger partial charge is 0.268 e. The molecule has 3 aromatic rings. The van der Waals surface area contributed by atoms with Crippen LogP contribution in [0.5, 0.6) is 0 Å². The van der Waals surface area contributed by atoms with Gasteiger partial charge in [0.1, 0.15) is 0 Å². The van der Waals surface area contributed by atoms with Crippen LogP contribution in [0.15, 0.2) is 67.0 Å². The normalized spacial score (nSPS) is 10.5. The first-order valence-electron chi connectivity index (χ1n) is 6.69. The predicted octanol–water partition coefficient (Wildman–Crippen LogP) is 2.75. The molecular weight excluding hydrogens is 262 g/mol. The third kappa shape index (κ3) is 2.75. The van der Waals surface area contributed by atoms with Gasteiger partial charge in [0.15, 0.2) is 0 Å². The average Bonchev–Trinajstić information content (AvgIpc) is 2.54. The zero-order valence-corrected chi connectivity index (χ0v) is 11.4. The molecule has 2 aromatic carbocycles. The molecule has 0 unspecified atom stereocenters. The summed E-state index contributed by atoms with van der Waals surface area (Å²) in [6.07, 6.45) is 3.37. The van der Waals surface area contributed by atoms with E-state index >= 15 is 0 Å². The second-order valence-electron chi connectivity index (χ2n) is 4.82. The Kier molecular flexibility index (Phi) is 3.62. The maximum absolute atomic E-state index is 12.5. The van der Waals surface area contributed by atoms with Crippen molar-refractivity contribution in [3.8, 4) is 0 Å². The second-order valence-corrected chi connectivity index (χ2v) is 4.82. The summed E-state index contributed by atoms with van der Waals surface area (Å²) in [5.41, 5.74) is 1.56. The van der Waals surface area contributed by atoms with E-state index in [0.29, 0.717) is 12.1 Å². The number of hydrogen-bond donors (Lipinski definition) is 1. The van der Waals surface area contributed by atoms with Gasteiger partial charge >= 0.3 is 0 Å².